The molecule has 0 N–H and O–H groups in total. The lowest BCUT2D eigenvalue weighted by atomic mass is 9.57. The lowest BCUT2D eigenvalue weighted by molar-refractivity contribution is 0.0689. The van der Waals surface area contributed by atoms with Crippen LogP contribution in [0.3, 0.4) is 0 Å². The number of fused-ring (bicyclic) bond motifs is 3. The summed E-state index contributed by atoms with van der Waals surface area (Å²) in [7, 11) is 1.79. The molecule has 138 valence electrons. The Morgan fingerprint density at radius 3 is 2.50 bits per heavy atom. The number of rotatable bonds is 4. The molecule has 0 bridgehead atoms. The molecule has 0 aliphatic heterocycles. The third-order valence-electron chi connectivity index (χ3n) is 6.87. The fraction of sp³-hybridized carbons (Fsp3) is 0.500. The van der Waals surface area contributed by atoms with Crippen molar-refractivity contribution in [1.29, 1.82) is 0 Å². The molecule has 0 saturated heterocycles. The second kappa shape index (κ2) is 6.33. The highest BCUT2D eigenvalue weighted by molar-refractivity contribution is 5.57. The van der Waals surface area contributed by atoms with Crippen LogP contribution in [-0.2, 0) is 18.4 Å². The van der Waals surface area contributed by atoms with Crippen molar-refractivity contribution in [1.82, 2.24) is 0 Å². The SMILES string of the molecule is COc1c(OCc2ccccc2)ccc2c1[C@@]1(C)CCCC(C)(C)[C@H]1C2. The van der Waals surface area contributed by atoms with E-state index in [1.54, 1.807) is 7.11 Å². The lowest BCUT2D eigenvalue weighted by Gasteiger charge is -2.48. The number of benzene rings is 2. The molecule has 1 fully saturated rings. The van der Waals surface area contributed by atoms with E-state index in [0.29, 0.717) is 17.9 Å². The molecular formula is C24H30O2. The first-order valence-corrected chi connectivity index (χ1v) is 9.83. The topological polar surface area (TPSA) is 18.5 Å². The van der Waals surface area contributed by atoms with Crippen molar-refractivity contribution in [3.8, 4) is 11.5 Å². The van der Waals surface area contributed by atoms with Crippen molar-refractivity contribution in [3.63, 3.8) is 0 Å². The Kier molecular flexibility index (Phi) is 4.25. The van der Waals surface area contributed by atoms with Gasteiger partial charge in [-0.25, -0.2) is 0 Å². The highest BCUT2D eigenvalue weighted by Crippen LogP contribution is 2.61. The molecular weight excluding hydrogens is 320 g/mol. The molecule has 1 saturated carbocycles. The van der Waals surface area contributed by atoms with E-state index in [1.807, 2.05) is 18.2 Å². The van der Waals surface area contributed by atoms with Crippen LogP contribution in [0.1, 0.15) is 56.7 Å². The van der Waals surface area contributed by atoms with Gasteiger partial charge in [0.2, 0.25) is 0 Å². The standard InChI is InChI=1S/C24H30O2/c1-23(2)13-8-14-24(3)20(23)15-18-11-12-19(22(25-4)21(18)24)26-16-17-9-6-5-7-10-17/h5-7,9-12,20H,8,13-16H2,1-4H3/t20-,24+/m1/s1. The molecule has 0 unspecified atom stereocenters. The summed E-state index contributed by atoms with van der Waals surface area (Å²) in [4.78, 5) is 0. The van der Waals surface area contributed by atoms with Crippen molar-refractivity contribution < 1.29 is 9.47 Å². The van der Waals surface area contributed by atoms with E-state index in [4.69, 9.17) is 9.47 Å². The maximum absolute atomic E-state index is 6.19. The molecule has 2 nitrogen and oxygen atoms in total. The summed E-state index contributed by atoms with van der Waals surface area (Å²) < 4.78 is 12.1. The van der Waals surface area contributed by atoms with Crippen LogP contribution >= 0.6 is 0 Å². The Bertz CT molecular complexity index is 793. The first kappa shape index (κ1) is 17.5. The van der Waals surface area contributed by atoms with Crippen molar-refractivity contribution in [2.75, 3.05) is 7.11 Å². The Balaban J connectivity index is 1.70. The molecule has 0 amide bonds. The Labute approximate surface area is 157 Å². The van der Waals surface area contributed by atoms with Gasteiger partial charge in [0.05, 0.1) is 7.11 Å². The fourth-order valence-electron chi connectivity index (χ4n) is 5.59. The molecule has 0 spiro atoms. The van der Waals surface area contributed by atoms with Crippen LogP contribution in [0.15, 0.2) is 42.5 Å². The minimum absolute atomic E-state index is 0.189. The van der Waals surface area contributed by atoms with E-state index >= 15 is 0 Å². The summed E-state index contributed by atoms with van der Waals surface area (Å²) >= 11 is 0. The quantitative estimate of drug-likeness (QED) is 0.682. The van der Waals surface area contributed by atoms with Crippen LogP contribution in [-0.4, -0.2) is 7.11 Å². The van der Waals surface area contributed by atoms with E-state index in [1.165, 1.54) is 36.0 Å². The third-order valence-corrected chi connectivity index (χ3v) is 6.87. The molecule has 2 aliphatic rings. The summed E-state index contributed by atoms with van der Waals surface area (Å²) in [5.74, 6) is 2.51. The minimum Gasteiger partial charge on any atom is -0.493 e. The van der Waals surface area contributed by atoms with Gasteiger partial charge in [0.1, 0.15) is 6.61 Å². The van der Waals surface area contributed by atoms with E-state index < -0.39 is 0 Å². The van der Waals surface area contributed by atoms with Gasteiger partial charge in [-0.15, -0.1) is 0 Å². The number of methoxy groups -OCH3 is 1. The van der Waals surface area contributed by atoms with Crippen LogP contribution in [0.25, 0.3) is 0 Å². The normalized spacial score (nSPS) is 26.1. The second-order valence-corrected chi connectivity index (χ2v) is 8.92. The molecule has 0 aromatic heterocycles. The fourth-order valence-corrected chi connectivity index (χ4v) is 5.59. The van der Waals surface area contributed by atoms with Crippen LogP contribution in [0.2, 0.25) is 0 Å². The average molecular weight is 351 g/mol. The first-order valence-electron chi connectivity index (χ1n) is 9.83. The smallest absolute Gasteiger partial charge is 0.164 e. The van der Waals surface area contributed by atoms with Gasteiger partial charge in [-0.3, -0.25) is 0 Å². The van der Waals surface area contributed by atoms with Gasteiger partial charge >= 0.3 is 0 Å². The summed E-state index contributed by atoms with van der Waals surface area (Å²) in [6.45, 7) is 7.91. The molecule has 26 heavy (non-hydrogen) atoms. The molecule has 2 aromatic rings. The van der Waals surface area contributed by atoms with Gasteiger partial charge in [-0.2, -0.15) is 0 Å². The molecule has 2 atom stereocenters. The maximum atomic E-state index is 6.19. The zero-order valence-electron chi connectivity index (χ0n) is 16.5. The van der Waals surface area contributed by atoms with Gasteiger partial charge in [-0.05, 0) is 47.8 Å². The average Bonchev–Trinajstić information content (AvgIpc) is 2.95. The van der Waals surface area contributed by atoms with Gasteiger partial charge < -0.3 is 9.47 Å². The summed E-state index contributed by atoms with van der Waals surface area (Å²) in [6.07, 6.45) is 5.01. The van der Waals surface area contributed by atoms with Crippen LogP contribution in [0, 0.1) is 11.3 Å². The van der Waals surface area contributed by atoms with E-state index in [0.717, 1.165) is 17.9 Å². The van der Waals surface area contributed by atoms with E-state index in [2.05, 4.69) is 45.0 Å². The number of ether oxygens (including phenoxy) is 2. The van der Waals surface area contributed by atoms with Gasteiger partial charge in [0.15, 0.2) is 11.5 Å². The molecule has 0 radical (unpaired) electrons. The van der Waals surface area contributed by atoms with E-state index in [9.17, 15) is 0 Å². The minimum atomic E-state index is 0.189. The predicted octanol–water partition coefficient (Wildman–Crippen LogP) is 5.91. The Hall–Kier alpha value is -1.96. The first-order chi connectivity index (χ1) is 12.5. The number of hydrogen-bond donors (Lipinski definition) is 0. The van der Waals surface area contributed by atoms with Gasteiger partial charge in [0.25, 0.3) is 0 Å². The molecule has 2 aromatic carbocycles. The highest BCUT2D eigenvalue weighted by Gasteiger charge is 2.53. The number of hydrogen-bond acceptors (Lipinski definition) is 2. The zero-order chi connectivity index (χ0) is 18.4. The van der Waals surface area contributed by atoms with Crippen molar-refractivity contribution in [2.45, 2.75) is 58.5 Å². The highest BCUT2D eigenvalue weighted by atomic mass is 16.5. The van der Waals surface area contributed by atoms with Crippen LogP contribution < -0.4 is 9.47 Å². The Morgan fingerprint density at radius 1 is 1.00 bits per heavy atom. The van der Waals surface area contributed by atoms with Crippen LogP contribution in [0.4, 0.5) is 0 Å². The van der Waals surface area contributed by atoms with Gasteiger partial charge in [-0.1, -0.05) is 63.6 Å². The van der Waals surface area contributed by atoms with E-state index in [-0.39, 0.29) is 5.41 Å². The molecule has 4 rings (SSSR count). The maximum Gasteiger partial charge on any atom is 0.164 e. The molecule has 2 aliphatic carbocycles. The predicted molar refractivity (Wildman–Crippen MR) is 106 cm³/mol. The summed E-state index contributed by atoms with van der Waals surface area (Å²) in [5.41, 5.74) is 4.61. The second-order valence-electron chi connectivity index (χ2n) is 8.92. The van der Waals surface area contributed by atoms with Crippen LogP contribution in [0.5, 0.6) is 11.5 Å². The third kappa shape index (κ3) is 2.71. The molecule has 0 heterocycles. The van der Waals surface area contributed by atoms with Crippen molar-refractivity contribution in [3.05, 3.63) is 59.2 Å². The summed E-state index contributed by atoms with van der Waals surface area (Å²) in [6, 6.07) is 14.7. The lowest BCUT2D eigenvalue weighted by Crippen LogP contribution is -2.42. The zero-order valence-corrected chi connectivity index (χ0v) is 16.5. The molecule has 2 heteroatoms. The summed E-state index contributed by atoms with van der Waals surface area (Å²) in [5, 5.41) is 0. The largest absolute Gasteiger partial charge is 0.493 e. The van der Waals surface area contributed by atoms with Crippen molar-refractivity contribution >= 4 is 0 Å². The Morgan fingerprint density at radius 2 is 1.77 bits per heavy atom. The van der Waals surface area contributed by atoms with Crippen molar-refractivity contribution in [2.24, 2.45) is 11.3 Å². The van der Waals surface area contributed by atoms with Gasteiger partial charge in [0, 0.05) is 11.0 Å². The monoisotopic (exact) mass is 350 g/mol.